The van der Waals surface area contributed by atoms with Gasteiger partial charge in [-0.1, -0.05) is 28.3 Å². The summed E-state index contributed by atoms with van der Waals surface area (Å²) in [5.74, 6) is 0.182. The molecule has 2 N–H and O–H groups in total. The number of rotatable bonds is 7. The van der Waals surface area contributed by atoms with Crippen LogP contribution < -0.4 is 10.6 Å². The third kappa shape index (κ3) is 4.68. The van der Waals surface area contributed by atoms with Crippen molar-refractivity contribution >= 4 is 40.0 Å². The van der Waals surface area contributed by atoms with Crippen LogP contribution in [-0.2, 0) is 9.53 Å². The van der Waals surface area contributed by atoms with Crippen molar-refractivity contribution in [1.82, 2.24) is 15.4 Å². The van der Waals surface area contributed by atoms with Crippen molar-refractivity contribution in [2.45, 2.75) is 42.4 Å². The number of thioether (sulfide) groups is 1. The summed E-state index contributed by atoms with van der Waals surface area (Å²) in [6, 6.07) is 1.67. The van der Waals surface area contributed by atoms with Gasteiger partial charge >= 0.3 is 0 Å². The Bertz CT molecular complexity index is 684. The molecule has 2 aromatic rings. The molecular formula is C14H19N5O3S2. The molecule has 8 nitrogen and oxygen atoms in total. The number of carbonyl (C=O) groups is 1. The average Bonchev–Trinajstić information content (AvgIpc) is 3.28. The summed E-state index contributed by atoms with van der Waals surface area (Å²) < 4.78 is 11.3. The second-order valence-electron chi connectivity index (χ2n) is 5.47. The van der Waals surface area contributed by atoms with Gasteiger partial charge in [0.25, 0.3) is 0 Å². The fraction of sp³-hybridized carbons (Fsp3) is 0.571. The zero-order chi connectivity index (χ0) is 16.9. The van der Waals surface area contributed by atoms with Crippen LogP contribution in [0.4, 0.5) is 11.0 Å². The monoisotopic (exact) mass is 369 g/mol. The van der Waals surface area contributed by atoms with E-state index in [-0.39, 0.29) is 17.3 Å². The summed E-state index contributed by atoms with van der Waals surface area (Å²) in [6.07, 6.45) is 2.44. The van der Waals surface area contributed by atoms with E-state index in [9.17, 15) is 4.79 Å². The Kier molecular flexibility index (Phi) is 5.69. The maximum Gasteiger partial charge on any atom is 0.240 e. The molecule has 0 aliphatic carbocycles. The van der Waals surface area contributed by atoms with E-state index in [1.54, 1.807) is 13.0 Å². The molecule has 1 fully saturated rings. The minimum atomic E-state index is -0.325. The van der Waals surface area contributed by atoms with Gasteiger partial charge in [-0.05, 0) is 26.7 Å². The molecule has 2 unspecified atom stereocenters. The lowest BCUT2D eigenvalue weighted by Gasteiger charge is -2.08. The quantitative estimate of drug-likeness (QED) is 0.718. The minimum Gasteiger partial charge on any atom is -0.376 e. The first-order valence-corrected chi connectivity index (χ1v) is 9.39. The number of anilines is 2. The molecule has 1 amide bonds. The summed E-state index contributed by atoms with van der Waals surface area (Å²) in [6.45, 7) is 5.18. The van der Waals surface area contributed by atoms with Gasteiger partial charge < -0.3 is 14.6 Å². The van der Waals surface area contributed by atoms with E-state index in [1.165, 1.54) is 23.1 Å². The fourth-order valence-electron chi connectivity index (χ4n) is 2.19. The Morgan fingerprint density at radius 1 is 1.54 bits per heavy atom. The van der Waals surface area contributed by atoms with Crippen LogP contribution in [0.15, 0.2) is 14.9 Å². The van der Waals surface area contributed by atoms with Crippen LogP contribution in [0.5, 0.6) is 0 Å². The molecule has 0 radical (unpaired) electrons. The summed E-state index contributed by atoms with van der Waals surface area (Å²) in [5, 5.41) is 18.3. The number of nitrogens with zero attached hydrogens (tertiary/aromatic N) is 3. The van der Waals surface area contributed by atoms with E-state index in [0.717, 1.165) is 41.2 Å². The van der Waals surface area contributed by atoms with Crippen LogP contribution in [0.2, 0.25) is 0 Å². The largest absolute Gasteiger partial charge is 0.376 e. The lowest BCUT2D eigenvalue weighted by atomic mass is 10.2. The van der Waals surface area contributed by atoms with Crippen molar-refractivity contribution in [3.63, 3.8) is 0 Å². The van der Waals surface area contributed by atoms with Crippen molar-refractivity contribution in [2.24, 2.45) is 0 Å². The van der Waals surface area contributed by atoms with Gasteiger partial charge in [0.1, 0.15) is 0 Å². The van der Waals surface area contributed by atoms with Gasteiger partial charge in [-0.25, -0.2) is 0 Å². The van der Waals surface area contributed by atoms with Gasteiger partial charge in [0.2, 0.25) is 16.9 Å². The highest BCUT2D eigenvalue weighted by atomic mass is 32.2. The second-order valence-corrected chi connectivity index (χ2v) is 8.04. The Morgan fingerprint density at radius 3 is 3.12 bits per heavy atom. The van der Waals surface area contributed by atoms with Gasteiger partial charge in [-0.2, -0.15) is 0 Å². The highest BCUT2D eigenvalue weighted by molar-refractivity contribution is 8.02. The Hall–Kier alpha value is -1.65. The number of hydrogen-bond donors (Lipinski definition) is 2. The molecule has 3 rings (SSSR count). The molecule has 1 aliphatic heterocycles. The van der Waals surface area contributed by atoms with Crippen molar-refractivity contribution < 1.29 is 14.1 Å². The van der Waals surface area contributed by atoms with Crippen molar-refractivity contribution in [1.29, 1.82) is 0 Å². The zero-order valence-corrected chi connectivity index (χ0v) is 15.1. The fourth-order valence-corrected chi connectivity index (χ4v) is 4.09. The van der Waals surface area contributed by atoms with Crippen LogP contribution >= 0.6 is 23.1 Å². The second kappa shape index (κ2) is 7.95. The number of carbonyl (C=O) groups excluding carboxylic acids is 1. The summed E-state index contributed by atoms with van der Waals surface area (Å²) in [4.78, 5) is 12.1. The topological polar surface area (TPSA) is 102 Å². The molecule has 0 saturated carbocycles. The zero-order valence-electron chi connectivity index (χ0n) is 13.4. The molecular weight excluding hydrogens is 350 g/mol. The van der Waals surface area contributed by atoms with Crippen LogP contribution in [0.1, 0.15) is 25.5 Å². The highest BCUT2D eigenvalue weighted by Crippen LogP contribution is 2.29. The molecule has 3 heterocycles. The summed E-state index contributed by atoms with van der Waals surface area (Å²) in [7, 11) is 0. The highest BCUT2D eigenvalue weighted by Gasteiger charge is 2.19. The average molecular weight is 369 g/mol. The molecule has 2 atom stereocenters. The number of aromatic nitrogens is 3. The van der Waals surface area contributed by atoms with E-state index in [2.05, 4.69) is 26.0 Å². The van der Waals surface area contributed by atoms with Crippen LogP contribution in [0, 0.1) is 6.92 Å². The molecule has 1 saturated heterocycles. The predicted molar refractivity (Wildman–Crippen MR) is 92.6 cm³/mol. The van der Waals surface area contributed by atoms with E-state index >= 15 is 0 Å². The maximum absolute atomic E-state index is 12.1. The smallest absolute Gasteiger partial charge is 0.240 e. The first-order valence-electron chi connectivity index (χ1n) is 7.70. The van der Waals surface area contributed by atoms with Gasteiger partial charge in [0, 0.05) is 19.2 Å². The van der Waals surface area contributed by atoms with Crippen molar-refractivity contribution in [2.75, 3.05) is 23.8 Å². The number of nitrogens with one attached hydrogen (secondary N) is 2. The molecule has 10 heteroatoms. The summed E-state index contributed by atoms with van der Waals surface area (Å²) >= 11 is 2.79. The molecule has 1 aliphatic rings. The predicted octanol–water partition coefficient (Wildman–Crippen LogP) is 2.54. The van der Waals surface area contributed by atoms with Gasteiger partial charge in [0.15, 0.2) is 4.34 Å². The molecule has 24 heavy (non-hydrogen) atoms. The number of hydrogen-bond acceptors (Lipinski definition) is 9. The van der Waals surface area contributed by atoms with E-state index in [1.807, 2.05) is 6.92 Å². The lowest BCUT2D eigenvalue weighted by molar-refractivity contribution is -0.115. The Labute approximate surface area is 147 Å². The molecule has 2 aromatic heterocycles. The Balaban J connectivity index is 1.47. The Morgan fingerprint density at radius 2 is 2.42 bits per heavy atom. The third-order valence-electron chi connectivity index (χ3n) is 3.43. The first-order chi connectivity index (χ1) is 11.6. The number of aryl methyl sites for hydroxylation is 1. The minimum absolute atomic E-state index is 0.166. The lowest BCUT2D eigenvalue weighted by Crippen LogP contribution is -2.22. The summed E-state index contributed by atoms with van der Waals surface area (Å²) in [5.41, 5.74) is 0.719. The number of amides is 1. The van der Waals surface area contributed by atoms with Gasteiger partial charge in [0.05, 0.1) is 17.0 Å². The number of ether oxygens (including phenoxy) is 1. The first kappa shape index (κ1) is 17.2. The van der Waals surface area contributed by atoms with Crippen LogP contribution in [-0.4, -0.2) is 45.8 Å². The van der Waals surface area contributed by atoms with Gasteiger partial charge in [-0.15, -0.1) is 10.2 Å². The molecule has 0 aromatic carbocycles. The van der Waals surface area contributed by atoms with Crippen molar-refractivity contribution in [3.05, 3.63) is 11.8 Å². The standard InChI is InChI=1S/C14H19N5O3S2/c1-8-6-11(22-19-8)16-12(20)9(2)23-14-18-17-13(24-14)15-7-10-4-3-5-21-10/h6,9-10H,3-5,7H2,1-2H3,(H,15,17)(H,16,20). The van der Waals surface area contributed by atoms with Crippen LogP contribution in [0.25, 0.3) is 0 Å². The molecule has 0 spiro atoms. The van der Waals surface area contributed by atoms with E-state index < -0.39 is 0 Å². The van der Waals surface area contributed by atoms with Crippen LogP contribution in [0.3, 0.4) is 0 Å². The van der Waals surface area contributed by atoms with E-state index in [4.69, 9.17) is 9.26 Å². The molecule has 0 bridgehead atoms. The van der Waals surface area contributed by atoms with E-state index in [0.29, 0.717) is 5.88 Å². The molecule has 130 valence electrons. The van der Waals surface area contributed by atoms with Gasteiger partial charge in [-0.3, -0.25) is 10.1 Å². The maximum atomic E-state index is 12.1. The third-order valence-corrected chi connectivity index (χ3v) is 5.50. The SMILES string of the molecule is Cc1cc(NC(=O)C(C)Sc2nnc(NCC3CCCO3)s2)on1. The van der Waals surface area contributed by atoms with Crippen molar-refractivity contribution in [3.8, 4) is 0 Å². The normalized spacial score (nSPS) is 18.5.